The fourth-order valence-electron chi connectivity index (χ4n) is 2.25. The molecule has 0 bridgehead atoms. The fraction of sp³-hybridized carbons (Fsp3) is 0.750. The summed E-state index contributed by atoms with van der Waals surface area (Å²) in [5.41, 5.74) is 0. The first-order valence-corrected chi connectivity index (χ1v) is 6.26. The van der Waals surface area contributed by atoms with Crippen LogP contribution < -0.4 is 10.6 Å². The predicted octanol–water partition coefficient (Wildman–Crippen LogP) is 0.694. The number of nitrogens with zero attached hydrogens (tertiary/aromatic N) is 2. The molecule has 4 heteroatoms. The van der Waals surface area contributed by atoms with Crippen molar-refractivity contribution < 1.29 is 0 Å². The minimum atomic E-state index is 0.690. The van der Waals surface area contributed by atoms with Gasteiger partial charge in [0.05, 0.1) is 0 Å². The molecular formula is C12H22N4. The number of nitrogens with one attached hydrogen (secondary N) is 2. The van der Waals surface area contributed by atoms with E-state index in [2.05, 4.69) is 27.2 Å². The highest BCUT2D eigenvalue weighted by Gasteiger charge is 2.10. The molecule has 1 aromatic rings. The first-order valence-electron chi connectivity index (χ1n) is 6.26. The number of hydrogen-bond acceptors (Lipinski definition) is 3. The lowest BCUT2D eigenvalue weighted by atomic mass is 10.1. The number of rotatable bonds is 4. The second-order valence-corrected chi connectivity index (χ2v) is 4.54. The van der Waals surface area contributed by atoms with Gasteiger partial charge in [-0.2, -0.15) is 0 Å². The van der Waals surface area contributed by atoms with E-state index in [9.17, 15) is 0 Å². The summed E-state index contributed by atoms with van der Waals surface area (Å²) in [6, 6.07) is 0.690. The summed E-state index contributed by atoms with van der Waals surface area (Å²) in [7, 11) is 2.05. The largest absolute Gasteiger partial charge is 0.338 e. The Morgan fingerprint density at radius 2 is 2.44 bits per heavy atom. The van der Waals surface area contributed by atoms with E-state index in [1.807, 2.05) is 12.4 Å². The molecule has 2 rings (SSSR count). The van der Waals surface area contributed by atoms with E-state index in [1.165, 1.54) is 31.6 Å². The Kier molecular flexibility index (Phi) is 4.36. The monoisotopic (exact) mass is 222 g/mol. The highest BCUT2D eigenvalue weighted by molar-refractivity contribution is 4.91. The summed E-state index contributed by atoms with van der Waals surface area (Å²) in [4.78, 5) is 4.33. The summed E-state index contributed by atoms with van der Waals surface area (Å²) in [5.74, 6) is 1.17. The van der Waals surface area contributed by atoms with E-state index < -0.39 is 0 Å². The van der Waals surface area contributed by atoms with Crippen LogP contribution in [0, 0.1) is 0 Å². The summed E-state index contributed by atoms with van der Waals surface area (Å²) >= 11 is 0. The topological polar surface area (TPSA) is 41.9 Å². The SMILES string of the molecule is Cn1ccnc1CCNC1CCCNCC1. The molecule has 0 aromatic carbocycles. The van der Waals surface area contributed by atoms with Gasteiger partial charge >= 0.3 is 0 Å². The third kappa shape index (κ3) is 3.32. The van der Waals surface area contributed by atoms with Crippen LogP contribution in [0.5, 0.6) is 0 Å². The second-order valence-electron chi connectivity index (χ2n) is 4.54. The van der Waals surface area contributed by atoms with Crippen molar-refractivity contribution in [1.29, 1.82) is 0 Å². The minimum absolute atomic E-state index is 0.690. The van der Waals surface area contributed by atoms with Crippen LogP contribution in [0.2, 0.25) is 0 Å². The molecule has 0 radical (unpaired) electrons. The Bertz CT molecular complexity index is 300. The molecule has 1 aromatic heterocycles. The molecule has 2 N–H and O–H groups in total. The van der Waals surface area contributed by atoms with E-state index in [-0.39, 0.29) is 0 Å². The van der Waals surface area contributed by atoms with Crippen LogP contribution in [0.3, 0.4) is 0 Å². The quantitative estimate of drug-likeness (QED) is 0.788. The Morgan fingerprint density at radius 3 is 3.25 bits per heavy atom. The molecular weight excluding hydrogens is 200 g/mol. The maximum atomic E-state index is 4.33. The molecule has 2 heterocycles. The molecule has 0 spiro atoms. The summed E-state index contributed by atoms with van der Waals surface area (Å²) < 4.78 is 2.09. The molecule has 16 heavy (non-hydrogen) atoms. The lowest BCUT2D eigenvalue weighted by molar-refractivity contribution is 0.468. The second kappa shape index (κ2) is 6.01. The van der Waals surface area contributed by atoms with Crippen molar-refractivity contribution in [3.05, 3.63) is 18.2 Å². The first kappa shape index (κ1) is 11.6. The van der Waals surface area contributed by atoms with Gasteiger partial charge in [-0.15, -0.1) is 0 Å². The smallest absolute Gasteiger partial charge is 0.109 e. The van der Waals surface area contributed by atoms with Crippen molar-refractivity contribution in [2.45, 2.75) is 31.7 Å². The Balaban J connectivity index is 1.69. The maximum Gasteiger partial charge on any atom is 0.109 e. The summed E-state index contributed by atoms with van der Waals surface area (Å²) in [6.45, 7) is 3.37. The van der Waals surface area contributed by atoms with Crippen molar-refractivity contribution in [2.24, 2.45) is 7.05 Å². The molecule has 0 saturated carbocycles. The van der Waals surface area contributed by atoms with E-state index in [4.69, 9.17) is 0 Å². The van der Waals surface area contributed by atoms with Gasteiger partial charge in [0, 0.05) is 38.4 Å². The molecule has 0 aliphatic carbocycles. The van der Waals surface area contributed by atoms with Crippen LogP contribution >= 0.6 is 0 Å². The molecule has 1 fully saturated rings. The third-order valence-corrected chi connectivity index (χ3v) is 3.28. The van der Waals surface area contributed by atoms with Crippen molar-refractivity contribution >= 4 is 0 Å². The molecule has 1 aliphatic heterocycles. The molecule has 90 valence electrons. The maximum absolute atomic E-state index is 4.33. The molecule has 0 amide bonds. The van der Waals surface area contributed by atoms with Crippen molar-refractivity contribution in [1.82, 2.24) is 20.2 Å². The lowest BCUT2D eigenvalue weighted by Gasteiger charge is -2.15. The van der Waals surface area contributed by atoms with Gasteiger partial charge in [-0.3, -0.25) is 0 Å². The highest BCUT2D eigenvalue weighted by Crippen LogP contribution is 2.05. The van der Waals surface area contributed by atoms with E-state index in [0.717, 1.165) is 19.5 Å². The average Bonchev–Trinajstić information content (AvgIpc) is 2.55. The zero-order valence-electron chi connectivity index (χ0n) is 10.1. The zero-order chi connectivity index (χ0) is 11.2. The highest BCUT2D eigenvalue weighted by atomic mass is 15.0. The number of imidazole rings is 1. The van der Waals surface area contributed by atoms with Crippen molar-refractivity contribution in [3.63, 3.8) is 0 Å². The van der Waals surface area contributed by atoms with E-state index in [0.29, 0.717) is 6.04 Å². The molecule has 1 saturated heterocycles. The van der Waals surface area contributed by atoms with Crippen LogP contribution in [-0.4, -0.2) is 35.2 Å². The van der Waals surface area contributed by atoms with Gasteiger partial charge in [-0.05, 0) is 32.4 Å². The lowest BCUT2D eigenvalue weighted by Crippen LogP contribution is -2.32. The molecule has 1 aliphatic rings. The third-order valence-electron chi connectivity index (χ3n) is 3.28. The van der Waals surface area contributed by atoms with Gasteiger partial charge < -0.3 is 15.2 Å². The van der Waals surface area contributed by atoms with Crippen LogP contribution in [0.15, 0.2) is 12.4 Å². The fourth-order valence-corrected chi connectivity index (χ4v) is 2.25. The van der Waals surface area contributed by atoms with Gasteiger partial charge in [0.2, 0.25) is 0 Å². The molecule has 1 unspecified atom stereocenters. The van der Waals surface area contributed by atoms with Crippen molar-refractivity contribution in [2.75, 3.05) is 19.6 Å². The van der Waals surface area contributed by atoms with Crippen LogP contribution in [0.1, 0.15) is 25.1 Å². The van der Waals surface area contributed by atoms with E-state index >= 15 is 0 Å². The van der Waals surface area contributed by atoms with Crippen LogP contribution in [-0.2, 0) is 13.5 Å². The minimum Gasteiger partial charge on any atom is -0.338 e. The van der Waals surface area contributed by atoms with E-state index in [1.54, 1.807) is 0 Å². The van der Waals surface area contributed by atoms with Gasteiger partial charge in [-0.25, -0.2) is 4.98 Å². The average molecular weight is 222 g/mol. The normalized spacial score (nSPS) is 21.9. The zero-order valence-corrected chi connectivity index (χ0v) is 10.1. The first-order chi connectivity index (χ1) is 7.86. The Hall–Kier alpha value is -0.870. The van der Waals surface area contributed by atoms with Gasteiger partial charge in [-0.1, -0.05) is 0 Å². The predicted molar refractivity (Wildman–Crippen MR) is 65.4 cm³/mol. The van der Waals surface area contributed by atoms with Gasteiger partial charge in [0.15, 0.2) is 0 Å². The molecule has 4 nitrogen and oxygen atoms in total. The Labute approximate surface area is 97.4 Å². The number of hydrogen-bond donors (Lipinski definition) is 2. The van der Waals surface area contributed by atoms with Gasteiger partial charge in [0.1, 0.15) is 5.82 Å². The van der Waals surface area contributed by atoms with Crippen LogP contribution in [0.25, 0.3) is 0 Å². The Morgan fingerprint density at radius 1 is 1.50 bits per heavy atom. The summed E-state index contributed by atoms with van der Waals surface area (Å²) in [6.07, 6.45) is 8.73. The van der Waals surface area contributed by atoms with Gasteiger partial charge in [0.25, 0.3) is 0 Å². The van der Waals surface area contributed by atoms with Crippen LogP contribution in [0.4, 0.5) is 0 Å². The number of aromatic nitrogens is 2. The summed E-state index contributed by atoms with van der Waals surface area (Å²) in [5, 5.41) is 7.07. The number of aryl methyl sites for hydroxylation is 1. The van der Waals surface area contributed by atoms with Crippen molar-refractivity contribution in [3.8, 4) is 0 Å². The standard InChI is InChI=1S/C12H22N4/c1-16-10-9-15-12(16)5-8-14-11-3-2-6-13-7-4-11/h9-11,13-14H,2-8H2,1H3. The molecule has 1 atom stereocenters.